The Morgan fingerprint density at radius 3 is 2.50 bits per heavy atom. The maximum atomic E-state index is 12.7. The maximum Gasteiger partial charge on any atom is 0.252 e. The predicted molar refractivity (Wildman–Crippen MR) is 85.8 cm³/mol. The van der Waals surface area contributed by atoms with E-state index in [-0.39, 0.29) is 6.04 Å². The summed E-state index contributed by atoms with van der Waals surface area (Å²) in [5.41, 5.74) is 1.05. The number of nitrogens with zero attached hydrogens (tertiary/aromatic N) is 1. The van der Waals surface area contributed by atoms with Gasteiger partial charge < -0.3 is 5.32 Å². The second kappa shape index (κ2) is 7.54. The van der Waals surface area contributed by atoms with E-state index >= 15 is 0 Å². The van der Waals surface area contributed by atoms with Crippen LogP contribution in [0, 0.1) is 6.92 Å². The van der Waals surface area contributed by atoms with Crippen LogP contribution in [0.15, 0.2) is 10.3 Å². The van der Waals surface area contributed by atoms with Crippen LogP contribution in [0.1, 0.15) is 44.6 Å². The number of hydrogen-bond acceptors (Lipinski definition) is 4. The highest BCUT2D eigenvalue weighted by molar-refractivity contribution is 7.91. The Hall–Kier alpha value is -0.430. The molecule has 0 fully saturated rings. The molecular weight excluding hydrogens is 292 g/mol. The molecule has 0 bridgehead atoms. The molecule has 116 valence electrons. The lowest BCUT2D eigenvalue weighted by atomic mass is 10.3. The largest absolute Gasteiger partial charge is 0.312 e. The predicted octanol–water partition coefficient (Wildman–Crippen LogP) is 2.98. The summed E-state index contributed by atoms with van der Waals surface area (Å²) in [5, 5.41) is 3.25. The Morgan fingerprint density at radius 1 is 1.35 bits per heavy atom. The summed E-state index contributed by atoms with van der Waals surface area (Å²) in [6.07, 6.45) is 0.821. The third-order valence-electron chi connectivity index (χ3n) is 3.49. The van der Waals surface area contributed by atoms with E-state index in [1.807, 2.05) is 34.6 Å². The highest BCUT2D eigenvalue weighted by Crippen LogP contribution is 2.29. The molecule has 1 atom stereocenters. The van der Waals surface area contributed by atoms with Gasteiger partial charge in [-0.2, -0.15) is 4.31 Å². The molecule has 4 nitrogen and oxygen atoms in total. The maximum absolute atomic E-state index is 12.7. The van der Waals surface area contributed by atoms with E-state index in [0.29, 0.717) is 10.8 Å². The van der Waals surface area contributed by atoms with Gasteiger partial charge in [-0.1, -0.05) is 20.8 Å². The van der Waals surface area contributed by atoms with Crippen LogP contribution in [0.5, 0.6) is 0 Å². The Morgan fingerprint density at radius 2 is 2.00 bits per heavy atom. The van der Waals surface area contributed by atoms with Crippen molar-refractivity contribution in [2.24, 2.45) is 0 Å². The lowest BCUT2D eigenvalue weighted by Crippen LogP contribution is -2.37. The van der Waals surface area contributed by atoms with E-state index in [0.717, 1.165) is 30.0 Å². The standard InChI is InChI=1S/C14H26N2O2S2/c1-6-12(5)16(8-3)20(17,18)14-9-11(4)13(19-14)10-15-7-2/h9,12,15H,6-8,10H2,1-5H3. The topological polar surface area (TPSA) is 49.4 Å². The average Bonchev–Trinajstić information content (AvgIpc) is 2.78. The second-order valence-corrected chi connectivity index (χ2v) is 8.17. The quantitative estimate of drug-likeness (QED) is 0.801. The van der Waals surface area contributed by atoms with Gasteiger partial charge in [0.05, 0.1) is 0 Å². The molecule has 0 aromatic carbocycles. The molecule has 0 amide bonds. The first kappa shape index (κ1) is 17.6. The monoisotopic (exact) mass is 318 g/mol. The average molecular weight is 319 g/mol. The molecule has 1 rings (SSSR count). The third kappa shape index (κ3) is 3.81. The van der Waals surface area contributed by atoms with Crippen LogP contribution in [0.3, 0.4) is 0 Å². The van der Waals surface area contributed by atoms with E-state index in [4.69, 9.17) is 0 Å². The summed E-state index contributed by atoms with van der Waals surface area (Å²) < 4.78 is 27.5. The highest BCUT2D eigenvalue weighted by Gasteiger charge is 2.28. The van der Waals surface area contributed by atoms with Gasteiger partial charge in [0, 0.05) is 24.0 Å². The molecular formula is C14H26N2O2S2. The van der Waals surface area contributed by atoms with Gasteiger partial charge in [0.2, 0.25) is 0 Å². The van der Waals surface area contributed by atoms with Crippen molar-refractivity contribution in [3.63, 3.8) is 0 Å². The van der Waals surface area contributed by atoms with Crippen molar-refractivity contribution in [2.45, 2.75) is 57.8 Å². The second-order valence-electron chi connectivity index (χ2n) is 4.92. The molecule has 0 aliphatic carbocycles. The fraction of sp³-hybridized carbons (Fsp3) is 0.714. The molecule has 20 heavy (non-hydrogen) atoms. The molecule has 0 radical (unpaired) electrons. The van der Waals surface area contributed by atoms with Crippen molar-refractivity contribution < 1.29 is 8.42 Å². The van der Waals surface area contributed by atoms with Gasteiger partial charge in [0.1, 0.15) is 4.21 Å². The molecule has 0 aliphatic heterocycles. The molecule has 6 heteroatoms. The van der Waals surface area contributed by atoms with Crippen LogP contribution in [-0.2, 0) is 16.6 Å². The summed E-state index contributed by atoms with van der Waals surface area (Å²) in [6.45, 7) is 12.0. The number of rotatable bonds is 8. The van der Waals surface area contributed by atoms with Crippen LogP contribution in [-0.4, -0.2) is 31.9 Å². The van der Waals surface area contributed by atoms with E-state index in [1.54, 1.807) is 10.4 Å². The Labute approximate surface area is 127 Å². The van der Waals surface area contributed by atoms with Crippen molar-refractivity contribution in [1.29, 1.82) is 0 Å². The first-order valence-corrected chi connectivity index (χ1v) is 9.45. The minimum absolute atomic E-state index is 0.0321. The molecule has 1 aromatic rings. The minimum atomic E-state index is -3.37. The molecule has 1 heterocycles. The molecule has 1 unspecified atom stereocenters. The number of nitrogens with one attached hydrogen (secondary N) is 1. The van der Waals surface area contributed by atoms with Crippen LogP contribution in [0.4, 0.5) is 0 Å². The lowest BCUT2D eigenvalue weighted by molar-refractivity contribution is 0.343. The van der Waals surface area contributed by atoms with Crippen molar-refractivity contribution in [3.8, 4) is 0 Å². The smallest absolute Gasteiger partial charge is 0.252 e. The fourth-order valence-corrected chi connectivity index (χ4v) is 5.47. The highest BCUT2D eigenvalue weighted by atomic mass is 32.2. The third-order valence-corrected chi connectivity index (χ3v) is 7.27. The summed E-state index contributed by atoms with van der Waals surface area (Å²) >= 11 is 1.39. The van der Waals surface area contributed by atoms with Crippen LogP contribution >= 0.6 is 11.3 Å². The van der Waals surface area contributed by atoms with Gasteiger partial charge in [-0.05, 0) is 38.4 Å². The number of thiophene rings is 1. The van der Waals surface area contributed by atoms with Gasteiger partial charge in [0.15, 0.2) is 0 Å². The molecule has 0 spiro atoms. The van der Waals surface area contributed by atoms with Gasteiger partial charge in [-0.25, -0.2) is 8.42 Å². The molecule has 0 saturated carbocycles. The summed E-state index contributed by atoms with van der Waals surface area (Å²) in [4.78, 5) is 1.10. The zero-order valence-corrected chi connectivity index (χ0v) is 14.7. The normalized spacial score (nSPS) is 13.9. The summed E-state index contributed by atoms with van der Waals surface area (Å²) in [5.74, 6) is 0. The molecule has 1 N–H and O–H groups in total. The minimum Gasteiger partial charge on any atom is -0.312 e. The van der Waals surface area contributed by atoms with Crippen molar-refractivity contribution in [2.75, 3.05) is 13.1 Å². The first-order chi connectivity index (χ1) is 9.38. The number of sulfonamides is 1. The van der Waals surface area contributed by atoms with E-state index in [1.165, 1.54) is 11.3 Å². The van der Waals surface area contributed by atoms with E-state index < -0.39 is 10.0 Å². The van der Waals surface area contributed by atoms with Gasteiger partial charge in [0.25, 0.3) is 10.0 Å². The fourth-order valence-electron chi connectivity index (χ4n) is 2.07. The summed E-state index contributed by atoms with van der Waals surface area (Å²) in [7, 11) is -3.37. The molecule has 1 aromatic heterocycles. The van der Waals surface area contributed by atoms with Gasteiger partial charge in [-0.15, -0.1) is 11.3 Å². The first-order valence-electron chi connectivity index (χ1n) is 7.20. The van der Waals surface area contributed by atoms with Crippen LogP contribution in [0.2, 0.25) is 0 Å². The summed E-state index contributed by atoms with van der Waals surface area (Å²) in [6, 6.07) is 1.84. The van der Waals surface area contributed by atoms with E-state index in [9.17, 15) is 8.42 Å². The van der Waals surface area contributed by atoms with Crippen molar-refractivity contribution >= 4 is 21.4 Å². The Bertz CT molecular complexity index is 523. The van der Waals surface area contributed by atoms with Crippen LogP contribution in [0.25, 0.3) is 0 Å². The zero-order valence-electron chi connectivity index (χ0n) is 13.1. The van der Waals surface area contributed by atoms with Crippen molar-refractivity contribution in [3.05, 3.63) is 16.5 Å². The molecule has 0 aliphatic rings. The Kier molecular flexibility index (Phi) is 6.64. The Balaban J connectivity index is 3.09. The lowest BCUT2D eigenvalue weighted by Gasteiger charge is -2.25. The van der Waals surface area contributed by atoms with Crippen molar-refractivity contribution in [1.82, 2.24) is 9.62 Å². The van der Waals surface area contributed by atoms with E-state index in [2.05, 4.69) is 5.32 Å². The zero-order chi connectivity index (χ0) is 15.3. The SMILES string of the molecule is CCNCc1sc(S(=O)(=O)N(CC)C(C)CC)cc1C. The molecule has 0 saturated heterocycles. The van der Waals surface area contributed by atoms with Crippen LogP contribution < -0.4 is 5.32 Å². The van der Waals surface area contributed by atoms with Gasteiger partial charge >= 0.3 is 0 Å². The number of aryl methyl sites for hydroxylation is 1. The van der Waals surface area contributed by atoms with Gasteiger partial charge in [-0.3, -0.25) is 0 Å². The number of hydrogen-bond donors (Lipinski definition) is 1.